The number of fused-ring (bicyclic) bond motifs is 1. The topological polar surface area (TPSA) is 79.4 Å². The highest BCUT2D eigenvalue weighted by molar-refractivity contribution is 6.33. The van der Waals surface area contributed by atoms with Crippen molar-refractivity contribution < 1.29 is 18.8 Å². The van der Waals surface area contributed by atoms with Crippen LogP contribution in [0.5, 0.6) is 0 Å². The maximum Gasteiger partial charge on any atom is 0.284 e. The molecule has 0 spiro atoms. The van der Waals surface area contributed by atoms with Crippen LogP contribution in [-0.2, 0) is 0 Å². The molecule has 4 rings (SSSR count). The summed E-state index contributed by atoms with van der Waals surface area (Å²) in [5.41, 5.74) is 1.37. The predicted molar refractivity (Wildman–Crippen MR) is 96.2 cm³/mol. The molecule has 0 atom stereocenters. The number of carbonyl (C=O) groups excluding carboxylic acids is 3. The Labute approximate surface area is 153 Å². The van der Waals surface area contributed by atoms with E-state index in [-0.39, 0.29) is 16.8 Å². The van der Waals surface area contributed by atoms with Crippen molar-refractivity contribution in [3.63, 3.8) is 0 Å². The molecular formula is C20H12FN3O3. The van der Waals surface area contributed by atoms with E-state index in [0.29, 0.717) is 11.4 Å². The number of rotatable bonds is 3. The lowest BCUT2D eigenvalue weighted by atomic mass is 10.2. The number of hydrogen-bond acceptors (Lipinski definition) is 4. The summed E-state index contributed by atoms with van der Waals surface area (Å²) in [5, 5.41) is 2.64. The minimum atomic E-state index is -0.503. The highest BCUT2D eigenvalue weighted by Gasteiger charge is 2.37. The fraction of sp³-hybridized carbons (Fsp3) is 0. The molecular weight excluding hydrogens is 349 g/mol. The number of halogens is 1. The number of anilines is 2. The molecule has 132 valence electrons. The predicted octanol–water partition coefficient (Wildman–Crippen LogP) is 3.27. The fourth-order valence-electron chi connectivity index (χ4n) is 2.83. The van der Waals surface area contributed by atoms with Gasteiger partial charge >= 0.3 is 0 Å². The van der Waals surface area contributed by atoms with E-state index in [1.165, 1.54) is 24.4 Å². The molecule has 1 aliphatic heterocycles. The number of benzene rings is 2. The summed E-state index contributed by atoms with van der Waals surface area (Å²) in [6.07, 6.45) is 1.46. The van der Waals surface area contributed by atoms with Crippen LogP contribution in [0, 0.1) is 5.82 Å². The normalized spacial score (nSPS) is 12.9. The van der Waals surface area contributed by atoms with Gasteiger partial charge in [-0.25, -0.2) is 9.29 Å². The Hall–Kier alpha value is -3.87. The standard InChI is InChI=1S/C20H12FN3O3/c21-13-4-1-3-12(11-13)18(25)23-14-6-8-15(9-7-14)24-19(26)16-5-2-10-22-17(16)20(24)27/h1-11H,(H,23,25). The molecule has 2 aromatic carbocycles. The van der Waals surface area contributed by atoms with E-state index in [1.807, 2.05) is 0 Å². The second-order valence-corrected chi connectivity index (χ2v) is 5.86. The third kappa shape index (κ3) is 2.95. The van der Waals surface area contributed by atoms with Gasteiger partial charge in [0.15, 0.2) is 0 Å². The average molecular weight is 361 g/mol. The van der Waals surface area contributed by atoms with Gasteiger partial charge in [-0.05, 0) is 54.6 Å². The van der Waals surface area contributed by atoms with Gasteiger partial charge < -0.3 is 5.32 Å². The van der Waals surface area contributed by atoms with Crippen molar-refractivity contribution in [2.45, 2.75) is 0 Å². The zero-order valence-corrected chi connectivity index (χ0v) is 13.8. The quantitative estimate of drug-likeness (QED) is 0.726. The highest BCUT2D eigenvalue weighted by Crippen LogP contribution is 2.28. The summed E-state index contributed by atoms with van der Waals surface area (Å²) in [4.78, 5) is 42.0. The van der Waals surface area contributed by atoms with Crippen molar-refractivity contribution in [1.82, 2.24) is 4.98 Å². The molecule has 0 saturated heterocycles. The molecule has 0 radical (unpaired) electrons. The van der Waals surface area contributed by atoms with Crippen molar-refractivity contribution in [3.05, 3.63) is 89.5 Å². The lowest BCUT2D eigenvalue weighted by Gasteiger charge is -2.14. The molecule has 1 N–H and O–H groups in total. The second-order valence-electron chi connectivity index (χ2n) is 5.86. The zero-order valence-electron chi connectivity index (χ0n) is 13.8. The Bertz CT molecular complexity index is 1040. The van der Waals surface area contributed by atoms with E-state index < -0.39 is 23.5 Å². The van der Waals surface area contributed by atoms with Gasteiger partial charge in [-0.3, -0.25) is 19.4 Å². The van der Waals surface area contributed by atoms with Crippen LogP contribution in [-0.4, -0.2) is 22.7 Å². The van der Waals surface area contributed by atoms with Gasteiger partial charge in [-0.2, -0.15) is 0 Å². The van der Waals surface area contributed by atoms with Crippen molar-refractivity contribution in [3.8, 4) is 0 Å². The van der Waals surface area contributed by atoms with Crippen LogP contribution in [0.25, 0.3) is 0 Å². The minimum Gasteiger partial charge on any atom is -0.322 e. The van der Waals surface area contributed by atoms with Gasteiger partial charge in [0.2, 0.25) is 0 Å². The molecule has 0 fully saturated rings. The molecule has 0 bridgehead atoms. The first-order valence-corrected chi connectivity index (χ1v) is 8.05. The van der Waals surface area contributed by atoms with Gasteiger partial charge in [0.1, 0.15) is 11.5 Å². The first-order valence-electron chi connectivity index (χ1n) is 8.05. The van der Waals surface area contributed by atoms with E-state index in [1.54, 1.807) is 36.4 Å². The third-order valence-electron chi connectivity index (χ3n) is 4.12. The molecule has 3 amide bonds. The van der Waals surface area contributed by atoms with Gasteiger partial charge in [-0.15, -0.1) is 0 Å². The number of imide groups is 1. The van der Waals surface area contributed by atoms with E-state index in [0.717, 1.165) is 11.0 Å². The summed E-state index contributed by atoms with van der Waals surface area (Å²) in [6.45, 7) is 0. The first kappa shape index (κ1) is 16.6. The van der Waals surface area contributed by atoms with Crippen LogP contribution in [0.2, 0.25) is 0 Å². The molecule has 1 aromatic heterocycles. The molecule has 3 aromatic rings. The van der Waals surface area contributed by atoms with Crippen molar-refractivity contribution in [2.75, 3.05) is 10.2 Å². The van der Waals surface area contributed by atoms with E-state index in [9.17, 15) is 18.8 Å². The maximum atomic E-state index is 13.2. The Kier molecular flexibility index (Phi) is 3.97. The van der Waals surface area contributed by atoms with E-state index in [4.69, 9.17) is 0 Å². The number of nitrogens with one attached hydrogen (secondary N) is 1. The molecule has 1 aliphatic rings. The van der Waals surface area contributed by atoms with Crippen molar-refractivity contribution in [1.29, 1.82) is 0 Å². The molecule has 0 aliphatic carbocycles. The number of amides is 3. The Morgan fingerprint density at radius 3 is 2.44 bits per heavy atom. The second kappa shape index (κ2) is 6.45. The fourth-order valence-corrected chi connectivity index (χ4v) is 2.83. The SMILES string of the molecule is O=C(Nc1ccc(N2C(=O)c3cccnc3C2=O)cc1)c1cccc(F)c1. The average Bonchev–Trinajstić information content (AvgIpc) is 2.93. The summed E-state index contributed by atoms with van der Waals surface area (Å²) in [7, 11) is 0. The Morgan fingerprint density at radius 1 is 0.963 bits per heavy atom. The van der Waals surface area contributed by atoms with Crippen LogP contribution in [0.15, 0.2) is 66.9 Å². The Morgan fingerprint density at radius 2 is 1.74 bits per heavy atom. The summed E-state index contributed by atoms with van der Waals surface area (Å²) >= 11 is 0. The highest BCUT2D eigenvalue weighted by atomic mass is 19.1. The number of aromatic nitrogens is 1. The number of nitrogens with zero attached hydrogens (tertiary/aromatic N) is 2. The Balaban J connectivity index is 1.54. The first-order chi connectivity index (χ1) is 13.0. The lowest BCUT2D eigenvalue weighted by Crippen LogP contribution is -2.29. The molecule has 27 heavy (non-hydrogen) atoms. The van der Waals surface area contributed by atoms with E-state index >= 15 is 0 Å². The largest absolute Gasteiger partial charge is 0.322 e. The van der Waals surface area contributed by atoms with Gasteiger partial charge in [0.25, 0.3) is 17.7 Å². The van der Waals surface area contributed by atoms with Crippen molar-refractivity contribution >= 4 is 29.1 Å². The molecule has 0 unspecified atom stereocenters. The number of hydrogen-bond donors (Lipinski definition) is 1. The molecule has 7 heteroatoms. The van der Waals surface area contributed by atoms with Crippen LogP contribution < -0.4 is 10.2 Å². The zero-order chi connectivity index (χ0) is 19.0. The lowest BCUT2D eigenvalue weighted by molar-refractivity contribution is 0.0923. The van der Waals surface area contributed by atoms with Crippen LogP contribution in [0.3, 0.4) is 0 Å². The third-order valence-corrected chi connectivity index (χ3v) is 4.12. The van der Waals surface area contributed by atoms with Crippen LogP contribution in [0.4, 0.5) is 15.8 Å². The maximum absolute atomic E-state index is 13.2. The molecule has 0 saturated carbocycles. The van der Waals surface area contributed by atoms with E-state index in [2.05, 4.69) is 10.3 Å². The van der Waals surface area contributed by atoms with Gasteiger partial charge in [0.05, 0.1) is 11.3 Å². The summed E-state index contributed by atoms with van der Waals surface area (Å²) in [6, 6.07) is 14.7. The van der Waals surface area contributed by atoms with Crippen molar-refractivity contribution in [2.24, 2.45) is 0 Å². The van der Waals surface area contributed by atoms with Gasteiger partial charge in [0, 0.05) is 17.4 Å². The minimum absolute atomic E-state index is 0.117. The molecule has 2 heterocycles. The van der Waals surface area contributed by atoms with Gasteiger partial charge in [-0.1, -0.05) is 6.07 Å². The summed E-state index contributed by atoms with van der Waals surface area (Å²) < 4.78 is 13.2. The number of pyridine rings is 1. The summed E-state index contributed by atoms with van der Waals surface area (Å²) in [5.74, 6) is -1.91. The van der Waals surface area contributed by atoms with Crippen LogP contribution in [0.1, 0.15) is 31.2 Å². The monoisotopic (exact) mass is 361 g/mol. The number of carbonyl (C=O) groups is 3. The molecule has 6 nitrogen and oxygen atoms in total. The smallest absolute Gasteiger partial charge is 0.284 e. The van der Waals surface area contributed by atoms with Crippen LogP contribution >= 0.6 is 0 Å².